The van der Waals surface area contributed by atoms with Crippen LogP contribution in [0.4, 0.5) is 0 Å². The summed E-state index contributed by atoms with van der Waals surface area (Å²) in [5.41, 5.74) is 1.91. The van der Waals surface area contributed by atoms with Crippen LogP contribution in [0.2, 0.25) is 0 Å². The molecular formula is C28H29NO4. The minimum atomic E-state index is -0.0543. The first-order valence-corrected chi connectivity index (χ1v) is 11.6. The van der Waals surface area contributed by atoms with Gasteiger partial charge in [0.25, 0.3) is 0 Å². The molecule has 0 amide bonds. The van der Waals surface area contributed by atoms with Gasteiger partial charge in [0.2, 0.25) is 5.43 Å². The summed E-state index contributed by atoms with van der Waals surface area (Å²) in [6, 6.07) is 18.7. The lowest BCUT2D eigenvalue weighted by molar-refractivity contribution is 0.187. The van der Waals surface area contributed by atoms with Crippen LogP contribution in [0.15, 0.2) is 69.9 Å². The molecule has 3 aromatic carbocycles. The quantitative estimate of drug-likeness (QED) is 0.334. The van der Waals surface area contributed by atoms with E-state index in [1.54, 1.807) is 18.2 Å². The van der Waals surface area contributed by atoms with Crippen LogP contribution in [-0.2, 0) is 0 Å². The number of likely N-dealkylation sites (tertiary alicyclic amines) is 1. The van der Waals surface area contributed by atoms with Crippen molar-refractivity contribution >= 4 is 21.9 Å². The number of aryl methyl sites for hydroxylation is 1. The third-order valence-electron chi connectivity index (χ3n) is 6.45. The van der Waals surface area contributed by atoms with Crippen molar-refractivity contribution in [1.82, 2.24) is 4.90 Å². The Morgan fingerprint density at radius 1 is 0.970 bits per heavy atom. The fraction of sp³-hybridized carbons (Fsp3) is 0.321. The SMILES string of the molecule is Cc1cc(OCCC2CCN(C)CC2)c2oc3cc(Oc4ccccc4)ccc3c(=O)c2c1. The number of hydrogen-bond acceptors (Lipinski definition) is 5. The van der Waals surface area contributed by atoms with Crippen LogP contribution in [0.1, 0.15) is 24.8 Å². The number of hydrogen-bond donors (Lipinski definition) is 0. The molecule has 4 aromatic rings. The van der Waals surface area contributed by atoms with Crippen molar-refractivity contribution in [2.24, 2.45) is 5.92 Å². The lowest BCUT2D eigenvalue weighted by Crippen LogP contribution is -2.30. The molecule has 33 heavy (non-hydrogen) atoms. The molecule has 0 unspecified atom stereocenters. The molecule has 2 heterocycles. The zero-order valence-electron chi connectivity index (χ0n) is 19.2. The van der Waals surface area contributed by atoms with Crippen LogP contribution in [0.5, 0.6) is 17.2 Å². The van der Waals surface area contributed by atoms with Gasteiger partial charge in [-0.3, -0.25) is 4.79 Å². The summed E-state index contributed by atoms with van der Waals surface area (Å²) >= 11 is 0. The third-order valence-corrected chi connectivity index (χ3v) is 6.45. The number of benzene rings is 3. The molecule has 1 aliphatic rings. The first-order chi connectivity index (χ1) is 16.1. The molecule has 1 fully saturated rings. The van der Waals surface area contributed by atoms with Gasteiger partial charge >= 0.3 is 0 Å². The molecule has 0 N–H and O–H groups in total. The Kier molecular flexibility index (Phi) is 6.05. The molecule has 0 bridgehead atoms. The fourth-order valence-corrected chi connectivity index (χ4v) is 4.53. The van der Waals surface area contributed by atoms with Gasteiger partial charge in [0, 0.05) is 6.07 Å². The predicted molar refractivity (Wildman–Crippen MR) is 132 cm³/mol. The first-order valence-electron chi connectivity index (χ1n) is 11.6. The van der Waals surface area contributed by atoms with E-state index in [1.165, 1.54) is 12.8 Å². The van der Waals surface area contributed by atoms with Crippen molar-refractivity contribution in [2.45, 2.75) is 26.2 Å². The Hall–Kier alpha value is -3.31. The van der Waals surface area contributed by atoms with E-state index in [1.807, 2.05) is 49.4 Å². The standard InChI is InChI=1S/C28H29NO4/c1-19-16-24-27(30)23-9-8-22(32-21-6-4-3-5-7-21)18-25(23)33-28(24)26(17-19)31-15-12-20-10-13-29(2)14-11-20/h3-9,16-18,20H,10-15H2,1-2H3. The predicted octanol–water partition coefficient (Wildman–Crippen LogP) is 6.16. The highest BCUT2D eigenvalue weighted by atomic mass is 16.5. The van der Waals surface area contributed by atoms with Crippen LogP contribution in [0.3, 0.4) is 0 Å². The van der Waals surface area contributed by atoms with E-state index in [-0.39, 0.29) is 5.43 Å². The third kappa shape index (κ3) is 4.74. The van der Waals surface area contributed by atoms with Crippen molar-refractivity contribution in [3.63, 3.8) is 0 Å². The van der Waals surface area contributed by atoms with E-state index < -0.39 is 0 Å². The van der Waals surface area contributed by atoms with Crippen LogP contribution < -0.4 is 14.9 Å². The van der Waals surface area contributed by atoms with Gasteiger partial charge in [-0.15, -0.1) is 0 Å². The van der Waals surface area contributed by atoms with E-state index in [4.69, 9.17) is 13.9 Å². The van der Waals surface area contributed by atoms with Gasteiger partial charge in [0.1, 0.15) is 17.1 Å². The first kappa shape index (κ1) is 21.5. The summed E-state index contributed by atoms with van der Waals surface area (Å²) in [5, 5.41) is 1.08. The Balaban J connectivity index is 1.44. The van der Waals surface area contributed by atoms with Gasteiger partial charge in [-0.1, -0.05) is 18.2 Å². The molecule has 5 heteroatoms. The molecule has 0 atom stereocenters. The van der Waals surface area contributed by atoms with Gasteiger partial charge in [-0.25, -0.2) is 0 Å². The van der Waals surface area contributed by atoms with E-state index >= 15 is 0 Å². The van der Waals surface area contributed by atoms with E-state index in [0.29, 0.717) is 46.0 Å². The van der Waals surface area contributed by atoms with Gasteiger partial charge in [0.05, 0.1) is 17.4 Å². The van der Waals surface area contributed by atoms with Crippen LogP contribution in [0, 0.1) is 12.8 Å². The molecule has 0 saturated carbocycles. The molecule has 0 spiro atoms. The maximum absolute atomic E-state index is 13.3. The zero-order valence-corrected chi connectivity index (χ0v) is 19.2. The van der Waals surface area contributed by atoms with Crippen LogP contribution in [-0.4, -0.2) is 31.6 Å². The van der Waals surface area contributed by atoms with Gasteiger partial charge in [-0.05, 0) is 94.2 Å². The lowest BCUT2D eigenvalue weighted by atomic mass is 9.94. The van der Waals surface area contributed by atoms with Crippen molar-refractivity contribution in [1.29, 1.82) is 0 Å². The van der Waals surface area contributed by atoms with Crippen molar-refractivity contribution in [3.05, 3.63) is 76.5 Å². The number of para-hydroxylation sites is 1. The summed E-state index contributed by atoms with van der Waals surface area (Å²) in [6.07, 6.45) is 3.42. The summed E-state index contributed by atoms with van der Waals surface area (Å²) in [4.78, 5) is 15.6. The fourth-order valence-electron chi connectivity index (χ4n) is 4.53. The minimum absolute atomic E-state index is 0.0543. The number of rotatable bonds is 6. The topological polar surface area (TPSA) is 51.9 Å². The Morgan fingerprint density at radius 2 is 1.76 bits per heavy atom. The average Bonchev–Trinajstić information content (AvgIpc) is 2.82. The summed E-state index contributed by atoms with van der Waals surface area (Å²) < 4.78 is 18.3. The van der Waals surface area contributed by atoms with Crippen LogP contribution in [0.25, 0.3) is 21.9 Å². The van der Waals surface area contributed by atoms with Gasteiger partial charge in [-0.2, -0.15) is 0 Å². The molecule has 5 rings (SSSR count). The normalized spacial score (nSPS) is 15.2. The van der Waals surface area contributed by atoms with Crippen molar-refractivity contribution < 1.29 is 13.9 Å². The monoisotopic (exact) mass is 443 g/mol. The Morgan fingerprint density at radius 3 is 2.55 bits per heavy atom. The highest BCUT2D eigenvalue weighted by Gasteiger charge is 2.18. The number of piperidine rings is 1. The molecule has 0 radical (unpaired) electrons. The molecule has 170 valence electrons. The number of nitrogens with zero attached hydrogens (tertiary/aromatic N) is 1. The molecular weight excluding hydrogens is 414 g/mol. The molecule has 1 aliphatic heterocycles. The zero-order chi connectivity index (χ0) is 22.8. The van der Waals surface area contributed by atoms with Crippen molar-refractivity contribution in [3.8, 4) is 17.2 Å². The highest BCUT2D eigenvalue weighted by Crippen LogP contribution is 2.32. The van der Waals surface area contributed by atoms with E-state index in [2.05, 4.69) is 11.9 Å². The van der Waals surface area contributed by atoms with Gasteiger partial charge in [0.15, 0.2) is 11.3 Å². The molecule has 1 aromatic heterocycles. The van der Waals surface area contributed by atoms with Crippen LogP contribution >= 0.6 is 0 Å². The largest absolute Gasteiger partial charge is 0.490 e. The Bertz CT molecular complexity index is 1320. The second-order valence-corrected chi connectivity index (χ2v) is 9.03. The van der Waals surface area contributed by atoms with Crippen molar-refractivity contribution in [2.75, 3.05) is 26.7 Å². The average molecular weight is 444 g/mol. The summed E-state index contributed by atoms with van der Waals surface area (Å²) in [7, 11) is 2.17. The molecule has 5 nitrogen and oxygen atoms in total. The van der Waals surface area contributed by atoms with Gasteiger partial charge < -0.3 is 18.8 Å². The van der Waals surface area contributed by atoms with E-state index in [0.717, 1.165) is 30.8 Å². The maximum atomic E-state index is 13.3. The molecule has 0 aliphatic carbocycles. The summed E-state index contributed by atoms with van der Waals surface area (Å²) in [5.74, 6) is 2.66. The lowest BCUT2D eigenvalue weighted by Gasteiger charge is -2.28. The molecule has 1 saturated heterocycles. The minimum Gasteiger partial charge on any atom is -0.490 e. The summed E-state index contributed by atoms with van der Waals surface area (Å²) in [6.45, 7) is 4.88. The smallest absolute Gasteiger partial charge is 0.200 e. The second-order valence-electron chi connectivity index (χ2n) is 9.03. The number of fused-ring (bicyclic) bond motifs is 2. The Labute approximate surface area is 193 Å². The maximum Gasteiger partial charge on any atom is 0.200 e. The second kappa shape index (κ2) is 9.28. The number of ether oxygens (including phenoxy) is 2. The van der Waals surface area contributed by atoms with E-state index in [9.17, 15) is 4.79 Å². The highest BCUT2D eigenvalue weighted by molar-refractivity contribution is 5.93.